The van der Waals surface area contributed by atoms with Gasteiger partial charge in [0.2, 0.25) is 0 Å². The van der Waals surface area contributed by atoms with Gasteiger partial charge in [-0.15, -0.1) is 0 Å². The van der Waals surface area contributed by atoms with Crippen LogP contribution in [0.2, 0.25) is 0 Å². The van der Waals surface area contributed by atoms with Gasteiger partial charge in [0.25, 0.3) is 0 Å². The number of benzene rings is 2. The lowest BCUT2D eigenvalue weighted by Gasteiger charge is -2.61. The molecule has 0 amide bonds. The molecule has 79 heavy (non-hydrogen) atoms. The molecule has 0 N–H and O–H groups in total. The molecule has 0 heterocycles. The maximum atomic E-state index is 6.79. The highest BCUT2D eigenvalue weighted by Crippen LogP contribution is 3.04. The molecule has 2 aromatic rings. The SMILES string of the molecule is CCCCCCCCCCCCOc1ccc(C2(c3ccc(OCCCCCCCCCCCC)cc3)C34C5=C6C7C8C9C%10C=CC(C59)C3C=CC3=C5C=CC9C%11CCC%12C%13CCC%10C8C%13C8C%12C%11C%10C9C5C(C6C%10C78)C324)cc1. The molecule has 2 nitrogen and oxygen atoms in total. The summed E-state index contributed by atoms with van der Waals surface area (Å²) in [5, 5.41) is 0. The maximum Gasteiger partial charge on any atom is 0.119 e. The lowest BCUT2D eigenvalue weighted by molar-refractivity contribution is -0.142. The number of fused-ring (bicyclic) bond motifs is 4. The monoisotopic (exact) mass is 1050 g/mol. The first-order chi connectivity index (χ1) is 39.2. The van der Waals surface area contributed by atoms with Crippen molar-refractivity contribution in [1.82, 2.24) is 0 Å². The first-order valence-electron chi connectivity index (χ1n) is 35.2. The Morgan fingerprint density at radius 2 is 0.861 bits per heavy atom. The predicted molar refractivity (Wildman–Crippen MR) is 317 cm³/mol. The summed E-state index contributed by atoms with van der Waals surface area (Å²) in [5.74, 6) is 23.9. The van der Waals surface area contributed by atoms with Crippen molar-refractivity contribution in [3.63, 3.8) is 0 Å². The molecule has 0 aliphatic heterocycles. The van der Waals surface area contributed by atoms with Crippen LogP contribution >= 0.6 is 0 Å². The molecule has 17 aliphatic carbocycles. The molecule has 0 saturated heterocycles. The second-order valence-electron chi connectivity index (χ2n) is 31.4. The topological polar surface area (TPSA) is 18.5 Å². The summed E-state index contributed by atoms with van der Waals surface area (Å²) < 4.78 is 13.6. The minimum atomic E-state index is -0.122. The number of hydrogen-bond donors (Lipinski definition) is 0. The van der Waals surface area contributed by atoms with Gasteiger partial charge in [0, 0.05) is 16.2 Å². The van der Waals surface area contributed by atoms with Gasteiger partial charge in [-0.1, -0.05) is 201 Å². The van der Waals surface area contributed by atoms with Crippen LogP contribution in [0.15, 0.2) is 107 Å². The third kappa shape index (κ3) is 5.48. The Morgan fingerprint density at radius 1 is 0.392 bits per heavy atom. The van der Waals surface area contributed by atoms with Crippen LogP contribution in [-0.4, -0.2) is 13.2 Å². The van der Waals surface area contributed by atoms with Crippen LogP contribution in [0.25, 0.3) is 0 Å². The zero-order chi connectivity index (χ0) is 51.7. The van der Waals surface area contributed by atoms with E-state index in [1.165, 1.54) is 128 Å². The van der Waals surface area contributed by atoms with E-state index in [1.54, 1.807) is 36.8 Å². The quantitative estimate of drug-likeness (QED) is 0.0690. The molecule has 0 aromatic heterocycles. The van der Waals surface area contributed by atoms with E-state index in [9.17, 15) is 0 Å². The Labute approximate surface area is 476 Å². The summed E-state index contributed by atoms with van der Waals surface area (Å²) in [6.45, 7) is 6.33. The molecule has 0 bridgehead atoms. The Morgan fingerprint density at radius 3 is 1.46 bits per heavy atom. The van der Waals surface area contributed by atoms with E-state index < -0.39 is 0 Å². The number of ether oxygens (including phenoxy) is 2. The van der Waals surface area contributed by atoms with Crippen LogP contribution in [0.5, 0.6) is 11.5 Å². The lowest BCUT2D eigenvalue weighted by atomic mass is 9.43. The molecule has 0 radical (unpaired) electrons. The molecule has 2 aromatic carbocycles. The van der Waals surface area contributed by atoms with Crippen molar-refractivity contribution >= 4 is 0 Å². The van der Waals surface area contributed by atoms with Crippen LogP contribution in [0.3, 0.4) is 0 Å². The van der Waals surface area contributed by atoms with Gasteiger partial charge < -0.3 is 9.47 Å². The zero-order valence-corrected chi connectivity index (χ0v) is 48.6. The van der Waals surface area contributed by atoms with E-state index in [2.05, 4.69) is 110 Å². The first kappa shape index (κ1) is 48.1. The number of unbranched alkanes of at least 4 members (excludes halogenated alkanes) is 18. The van der Waals surface area contributed by atoms with Crippen LogP contribution in [0, 0.1) is 153 Å². The van der Waals surface area contributed by atoms with Gasteiger partial charge >= 0.3 is 0 Å². The highest BCUT2D eigenvalue weighted by atomic mass is 16.5. The molecule has 26 unspecified atom stereocenters. The number of rotatable bonds is 26. The van der Waals surface area contributed by atoms with Gasteiger partial charge in [0.1, 0.15) is 11.5 Å². The fourth-order valence-electron chi connectivity index (χ4n) is 29.3. The first-order valence-corrected chi connectivity index (χ1v) is 35.2. The van der Waals surface area contributed by atoms with Crippen LogP contribution in [0.4, 0.5) is 0 Å². The summed E-state index contributed by atoms with van der Waals surface area (Å²) in [5.41, 5.74) is 11.4. The van der Waals surface area contributed by atoms with E-state index in [1.807, 2.05) is 11.1 Å². The fourth-order valence-corrected chi connectivity index (χ4v) is 29.3. The molecule has 26 atom stereocenters. The lowest BCUT2D eigenvalue weighted by Crippen LogP contribution is -2.58. The number of hydrogen-bond acceptors (Lipinski definition) is 2. The molecule has 11 saturated carbocycles. The van der Waals surface area contributed by atoms with Gasteiger partial charge in [-0.05, 0) is 227 Å². The van der Waals surface area contributed by atoms with Crippen molar-refractivity contribution in [2.75, 3.05) is 13.2 Å². The smallest absolute Gasteiger partial charge is 0.119 e. The van der Waals surface area contributed by atoms with E-state index >= 15 is 0 Å². The Balaban J connectivity index is 0.727. The van der Waals surface area contributed by atoms with Gasteiger partial charge in [-0.25, -0.2) is 0 Å². The maximum absolute atomic E-state index is 6.79. The summed E-state index contributed by atoms with van der Waals surface area (Å²) >= 11 is 0. The summed E-state index contributed by atoms with van der Waals surface area (Å²) in [6.07, 6.45) is 51.2. The van der Waals surface area contributed by atoms with Crippen molar-refractivity contribution in [2.45, 2.75) is 173 Å². The van der Waals surface area contributed by atoms with E-state index in [4.69, 9.17) is 9.47 Å². The zero-order valence-electron chi connectivity index (χ0n) is 48.6. The molecular weight excluding hydrogens is 957 g/mol. The minimum Gasteiger partial charge on any atom is -0.494 e. The largest absolute Gasteiger partial charge is 0.494 e. The average molecular weight is 1050 g/mol. The normalized spacial score (nSPS) is 48.5. The molecule has 416 valence electrons. The summed E-state index contributed by atoms with van der Waals surface area (Å²) in [4.78, 5) is 0. The standard InChI is InChI=1S/C77H96O2/c1-3-5-7-9-11-13-15-17-19-21-41-78-45-27-23-43(24-28-45)75(44-25-29-46(30-26-44)79-42-22-20-18-16-14-12-10-8-6-4-2)76-55-39-40-56-54-38-36-52-50-34-32-48-47-31-33-49-51-35-37-53(55)63-61(51)66-59(49)57(47)65-58(48)60(50)67-62(52)64(54)74(77(56,75)76)72-70(67)68(65)69(66)71(72)73(63)76/h23-30,35-40,47-53,55,57-70,72,74H,3-22,31-34,41-42H2,1-2H3. The van der Waals surface area contributed by atoms with E-state index in [0.717, 1.165) is 155 Å². The Kier molecular flexibility index (Phi) is 10.6. The fraction of sp³-hybridized carbons (Fsp3) is 0.714. The second kappa shape index (κ2) is 17.4. The molecule has 17 aliphatic rings. The van der Waals surface area contributed by atoms with Crippen LogP contribution in [-0.2, 0) is 5.41 Å². The van der Waals surface area contributed by atoms with Crippen LogP contribution in [0.1, 0.15) is 179 Å². The Bertz CT molecular complexity index is 2880. The van der Waals surface area contributed by atoms with Crippen LogP contribution < -0.4 is 9.47 Å². The van der Waals surface area contributed by atoms with Crippen molar-refractivity contribution in [3.8, 4) is 11.5 Å². The summed E-state index contributed by atoms with van der Waals surface area (Å²) in [7, 11) is 0. The van der Waals surface area contributed by atoms with Crippen molar-refractivity contribution in [3.05, 3.63) is 118 Å². The minimum absolute atomic E-state index is 0.0874. The highest BCUT2D eigenvalue weighted by molar-refractivity contribution is 5.80. The summed E-state index contributed by atoms with van der Waals surface area (Å²) in [6, 6.07) is 20.6. The molecule has 11 fully saturated rings. The third-order valence-corrected chi connectivity index (χ3v) is 29.9. The molecule has 19 rings (SSSR count). The number of allylic oxidation sites excluding steroid dienone is 10. The van der Waals surface area contributed by atoms with Crippen molar-refractivity contribution in [1.29, 1.82) is 0 Å². The van der Waals surface area contributed by atoms with E-state index in [-0.39, 0.29) is 16.2 Å². The van der Waals surface area contributed by atoms with Gasteiger partial charge in [0.15, 0.2) is 0 Å². The average Bonchev–Trinajstić information content (AvgIpc) is 1.41. The van der Waals surface area contributed by atoms with Gasteiger partial charge in [0.05, 0.1) is 13.2 Å². The van der Waals surface area contributed by atoms with Gasteiger partial charge in [-0.3, -0.25) is 0 Å². The van der Waals surface area contributed by atoms with E-state index in [0.29, 0.717) is 11.8 Å². The third-order valence-electron chi connectivity index (χ3n) is 29.9. The van der Waals surface area contributed by atoms with Crippen molar-refractivity contribution in [2.24, 2.45) is 153 Å². The molecular formula is C77H96O2. The molecule has 2 spiro atoms. The second-order valence-corrected chi connectivity index (χ2v) is 31.4. The van der Waals surface area contributed by atoms with Crippen molar-refractivity contribution < 1.29 is 9.47 Å². The molecule has 2 heteroatoms. The predicted octanol–water partition coefficient (Wildman–Crippen LogP) is 18.4. The highest BCUT2D eigenvalue weighted by Gasteiger charge is 3.02. The Hall–Kier alpha value is -3.26. The van der Waals surface area contributed by atoms with Gasteiger partial charge in [-0.2, -0.15) is 0 Å².